The highest BCUT2D eigenvalue weighted by molar-refractivity contribution is 6.35. The number of aromatic nitrogens is 3. The van der Waals surface area contributed by atoms with E-state index in [-0.39, 0.29) is 12.4 Å². The van der Waals surface area contributed by atoms with Crippen molar-refractivity contribution in [2.75, 3.05) is 20.3 Å². The second-order valence-corrected chi connectivity index (χ2v) is 11.9. The predicted octanol–water partition coefficient (Wildman–Crippen LogP) is 8.55. The van der Waals surface area contributed by atoms with E-state index in [2.05, 4.69) is 27.4 Å². The summed E-state index contributed by atoms with van der Waals surface area (Å²) < 4.78 is 30.7. The number of H-pyrrole nitrogens is 2. The van der Waals surface area contributed by atoms with E-state index in [1.54, 1.807) is 20.1 Å². The van der Waals surface area contributed by atoms with Gasteiger partial charge in [0.1, 0.15) is 23.0 Å². The minimum atomic E-state index is -0.424. The topological polar surface area (TPSA) is 101 Å². The first-order valence-corrected chi connectivity index (χ1v) is 16.5. The zero-order valence-corrected chi connectivity index (χ0v) is 28.0. The number of benzene rings is 4. The average Bonchev–Trinajstić information content (AvgIpc) is 3.68. The summed E-state index contributed by atoms with van der Waals surface area (Å²) >= 11 is 6.95. The third-order valence-corrected chi connectivity index (χ3v) is 8.75. The first-order chi connectivity index (χ1) is 23.4. The third kappa shape index (κ3) is 6.88. The van der Waals surface area contributed by atoms with Crippen LogP contribution in [0.4, 0.5) is 4.39 Å². The number of carbonyl (C=O) groups is 1. The number of fused-ring (bicyclic) bond motifs is 2. The van der Waals surface area contributed by atoms with E-state index in [0.29, 0.717) is 55.4 Å². The van der Waals surface area contributed by atoms with Gasteiger partial charge in [-0.05, 0) is 85.2 Å². The van der Waals surface area contributed by atoms with Crippen molar-refractivity contribution in [2.24, 2.45) is 0 Å². The number of rotatable bonds is 14. The summed E-state index contributed by atoms with van der Waals surface area (Å²) in [6, 6.07) is 22.0. The highest BCUT2D eigenvalue weighted by Crippen LogP contribution is 2.40. The summed E-state index contributed by atoms with van der Waals surface area (Å²) in [6.07, 6.45) is 1.87. The van der Waals surface area contributed by atoms with Crippen molar-refractivity contribution in [3.8, 4) is 22.6 Å². The molecule has 0 radical (unpaired) electrons. The maximum absolute atomic E-state index is 13.8. The summed E-state index contributed by atoms with van der Waals surface area (Å²) in [7, 11) is 1.65. The standard InChI is InChI=1S/C38H38ClFN4O4/c1-4-31-35(32(44-43-31)22-41-21-23-11-14-26(46-3)15-12-23)34-30(39)18-17-29-28(37(42-36(29)34)38(45)47-5-2)9-7-19-48-33-10-6-8-24-20-25(40)13-16-27(24)33/h6,8,10-18,20,41-42H,4-5,7,9,19,21-22H2,1-3H3,(H,43,44). The lowest BCUT2D eigenvalue weighted by Crippen LogP contribution is -2.13. The maximum atomic E-state index is 13.8. The smallest absolute Gasteiger partial charge is 0.355 e. The molecule has 6 aromatic rings. The lowest BCUT2D eigenvalue weighted by molar-refractivity contribution is 0.0519. The Morgan fingerprint density at radius 2 is 1.79 bits per heavy atom. The molecular formula is C38H38ClFN4O4. The van der Waals surface area contributed by atoms with Gasteiger partial charge in [0.2, 0.25) is 0 Å². The van der Waals surface area contributed by atoms with E-state index in [1.165, 1.54) is 12.1 Å². The zero-order valence-electron chi connectivity index (χ0n) is 27.2. The number of nitrogens with zero attached hydrogens (tertiary/aromatic N) is 1. The van der Waals surface area contributed by atoms with Crippen molar-refractivity contribution < 1.29 is 23.4 Å². The molecule has 0 spiro atoms. The number of aryl methyl sites for hydroxylation is 2. The molecule has 0 aliphatic heterocycles. The lowest BCUT2D eigenvalue weighted by atomic mass is 9.97. The van der Waals surface area contributed by atoms with Gasteiger partial charge < -0.3 is 24.5 Å². The summed E-state index contributed by atoms with van der Waals surface area (Å²) in [6.45, 7) is 5.67. The van der Waals surface area contributed by atoms with E-state index < -0.39 is 5.97 Å². The van der Waals surface area contributed by atoms with Gasteiger partial charge in [-0.3, -0.25) is 5.10 Å². The maximum Gasteiger partial charge on any atom is 0.355 e. The Kier molecular flexibility index (Phi) is 10.3. The third-order valence-electron chi connectivity index (χ3n) is 8.43. The van der Waals surface area contributed by atoms with Crippen LogP contribution in [0, 0.1) is 5.82 Å². The molecule has 4 aromatic carbocycles. The van der Waals surface area contributed by atoms with Crippen molar-refractivity contribution in [3.63, 3.8) is 0 Å². The van der Waals surface area contributed by atoms with Crippen LogP contribution in [-0.4, -0.2) is 41.5 Å². The van der Waals surface area contributed by atoms with Crippen molar-refractivity contribution >= 4 is 39.2 Å². The number of esters is 1. The molecule has 0 aliphatic carbocycles. The predicted molar refractivity (Wildman–Crippen MR) is 187 cm³/mol. The van der Waals surface area contributed by atoms with Gasteiger partial charge in [0.05, 0.1) is 42.3 Å². The second-order valence-electron chi connectivity index (χ2n) is 11.4. The van der Waals surface area contributed by atoms with E-state index in [4.69, 9.17) is 25.8 Å². The fraction of sp³-hybridized carbons (Fsp3) is 0.263. The molecule has 0 saturated heterocycles. The molecule has 0 aliphatic rings. The van der Waals surface area contributed by atoms with Crippen LogP contribution < -0.4 is 14.8 Å². The van der Waals surface area contributed by atoms with Crippen LogP contribution in [0.25, 0.3) is 32.8 Å². The van der Waals surface area contributed by atoms with Crippen LogP contribution >= 0.6 is 11.6 Å². The van der Waals surface area contributed by atoms with Crippen LogP contribution in [0.1, 0.15) is 53.3 Å². The largest absolute Gasteiger partial charge is 0.497 e. The molecule has 0 saturated carbocycles. The van der Waals surface area contributed by atoms with Gasteiger partial charge in [-0.25, -0.2) is 9.18 Å². The normalized spacial score (nSPS) is 11.4. The fourth-order valence-electron chi connectivity index (χ4n) is 6.13. The number of aromatic amines is 2. The Balaban J connectivity index is 1.29. The van der Waals surface area contributed by atoms with Crippen molar-refractivity contribution in [2.45, 2.75) is 46.2 Å². The SMILES string of the molecule is CCOC(=O)c1[nH]c2c(-c3c(CC)n[nH]c3CNCc3ccc(OC)cc3)c(Cl)ccc2c1CCCOc1cccc2cc(F)ccc12. The van der Waals surface area contributed by atoms with Gasteiger partial charge >= 0.3 is 5.97 Å². The van der Waals surface area contributed by atoms with Crippen molar-refractivity contribution in [1.29, 1.82) is 0 Å². The number of carbonyl (C=O) groups excluding carboxylic acids is 1. The van der Waals surface area contributed by atoms with Gasteiger partial charge in [-0.15, -0.1) is 0 Å². The summed E-state index contributed by atoms with van der Waals surface area (Å²) in [5.74, 6) is 0.786. The molecule has 2 heterocycles. The van der Waals surface area contributed by atoms with E-state index >= 15 is 0 Å². The minimum absolute atomic E-state index is 0.248. The van der Waals surface area contributed by atoms with Crippen LogP contribution in [0.3, 0.4) is 0 Å². The molecule has 10 heteroatoms. The highest BCUT2D eigenvalue weighted by atomic mass is 35.5. The number of nitrogens with one attached hydrogen (secondary N) is 3. The minimum Gasteiger partial charge on any atom is -0.497 e. The molecule has 3 N–H and O–H groups in total. The summed E-state index contributed by atoms with van der Waals surface area (Å²) in [4.78, 5) is 16.7. The first kappa shape index (κ1) is 33.1. The van der Waals surface area contributed by atoms with Crippen LogP contribution in [-0.2, 0) is 30.7 Å². The summed E-state index contributed by atoms with van der Waals surface area (Å²) in [5, 5.41) is 14.4. The molecule has 2 aromatic heterocycles. The average molecular weight is 669 g/mol. The molecule has 48 heavy (non-hydrogen) atoms. The van der Waals surface area contributed by atoms with Crippen LogP contribution in [0.15, 0.2) is 72.8 Å². The Labute approximate surface area is 283 Å². The lowest BCUT2D eigenvalue weighted by Gasteiger charge is -2.11. The fourth-order valence-corrected chi connectivity index (χ4v) is 6.38. The molecule has 6 rings (SSSR count). The number of ether oxygens (including phenoxy) is 3. The van der Waals surface area contributed by atoms with Crippen LogP contribution in [0.2, 0.25) is 5.02 Å². The number of hydrogen-bond acceptors (Lipinski definition) is 6. The quantitative estimate of drug-likeness (QED) is 0.0794. The Morgan fingerprint density at radius 1 is 0.979 bits per heavy atom. The Morgan fingerprint density at radius 3 is 2.56 bits per heavy atom. The number of halogens is 2. The van der Waals surface area contributed by atoms with Crippen molar-refractivity contribution in [1.82, 2.24) is 20.5 Å². The van der Waals surface area contributed by atoms with Crippen molar-refractivity contribution in [3.05, 3.63) is 112 Å². The van der Waals surface area contributed by atoms with E-state index in [1.807, 2.05) is 54.6 Å². The molecule has 0 amide bonds. The molecule has 248 valence electrons. The molecule has 0 atom stereocenters. The van der Waals surface area contributed by atoms with Crippen LogP contribution in [0.5, 0.6) is 11.5 Å². The monoisotopic (exact) mass is 668 g/mol. The van der Waals surface area contributed by atoms with E-state index in [0.717, 1.165) is 61.1 Å². The molecule has 0 unspecified atom stereocenters. The van der Waals surface area contributed by atoms with Gasteiger partial charge in [-0.2, -0.15) is 5.10 Å². The Bertz CT molecular complexity index is 2050. The molecule has 8 nitrogen and oxygen atoms in total. The van der Waals surface area contributed by atoms with Gasteiger partial charge in [0.25, 0.3) is 0 Å². The highest BCUT2D eigenvalue weighted by Gasteiger charge is 2.25. The van der Waals surface area contributed by atoms with Gasteiger partial charge in [-0.1, -0.05) is 48.9 Å². The molecular weight excluding hydrogens is 631 g/mol. The van der Waals surface area contributed by atoms with Gasteiger partial charge in [0.15, 0.2) is 0 Å². The van der Waals surface area contributed by atoms with Gasteiger partial charge in [0, 0.05) is 35.0 Å². The number of methoxy groups -OCH3 is 1. The summed E-state index contributed by atoms with van der Waals surface area (Å²) in [5.41, 5.74) is 6.59. The Hall–Kier alpha value is -4.86. The molecule has 0 fully saturated rings. The zero-order chi connectivity index (χ0) is 33.6. The first-order valence-electron chi connectivity index (χ1n) is 16.1. The number of hydrogen-bond donors (Lipinski definition) is 3. The van der Waals surface area contributed by atoms with E-state index in [9.17, 15) is 9.18 Å². The second kappa shape index (κ2) is 14.9. The molecule has 0 bridgehead atoms.